The van der Waals surface area contributed by atoms with Crippen LogP contribution < -0.4 is 4.74 Å². The SMILES string of the molecule is C[Si](C)(C)CCOCOc1ccc(Cl)c(Cl)c1C1CC(=O)N(CCCBr)C1. The van der Waals surface area contributed by atoms with E-state index in [0.717, 1.165) is 29.9 Å². The molecular weight excluding hydrogens is 469 g/mol. The van der Waals surface area contributed by atoms with Gasteiger partial charge in [-0.25, -0.2) is 0 Å². The third kappa shape index (κ3) is 6.93. The standard InChI is InChI=1S/C19H28BrCl2NO3Si/c1-27(2,3)10-9-25-13-26-16-6-5-15(21)19(22)18(16)14-11-17(24)23(12-14)8-4-7-20/h5-6,14H,4,7-13H2,1-3H3. The minimum absolute atomic E-state index is 0.0176. The van der Waals surface area contributed by atoms with Crippen LogP contribution in [-0.4, -0.2) is 50.7 Å². The third-order valence-corrected chi connectivity index (χ3v) is 7.65. The second-order valence-corrected chi connectivity index (χ2v) is 15.2. The van der Waals surface area contributed by atoms with Gasteiger partial charge >= 0.3 is 0 Å². The first kappa shape index (κ1) is 23.0. The Morgan fingerprint density at radius 1 is 1.30 bits per heavy atom. The summed E-state index contributed by atoms with van der Waals surface area (Å²) in [6.45, 7) is 9.18. The number of alkyl halides is 1. The molecule has 1 aliphatic rings. The molecule has 1 heterocycles. The monoisotopic (exact) mass is 495 g/mol. The van der Waals surface area contributed by atoms with Crippen molar-refractivity contribution in [1.82, 2.24) is 4.90 Å². The summed E-state index contributed by atoms with van der Waals surface area (Å²) in [7, 11) is -1.13. The van der Waals surface area contributed by atoms with E-state index in [9.17, 15) is 4.79 Å². The lowest BCUT2D eigenvalue weighted by atomic mass is 9.97. The normalized spacial score (nSPS) is 17.6. The maximum Gasteiger partial charge on any atom is 0.223 e. The summed E-state index contributed by atoms with van der Waals surface area (Å²) in [5.41, 5.74) is 0.813. The number of halogens is 3. The van der Waals surface area contributed by atoms with E-state index in [1.807, 2.05) is 11.0 Å². The van der Waals surface area contributed by atoms with Crippen LogP contribution in [0.4, 0.5) is 0 Å². The largest absolute Gasteiger partial charge is 0.467 e. The summed E-state index contributed by atoms with van der Waals surface area (Å²) in [5.74, 6) is 0.780. The quantitative estimate of drug-likeness (QED) is 0.178. The lowest BCUT2D eigenvalue weighted by Crippen LogP contribution is -2.26. The summed E-state index contributed by atoms with van der Waals surface area (Å²) in [6, 6.07) is 4.63. The van der Waals surface area contributed by atoms with Gasteiger partial charge < -0.3 is 14.4 Å². The van der Waals surface area contributed by atoms with Gasteiger partial charge in [0.2, 0.25) is 5.91 Å². The molecule has 1 unspecified atom stereocenters. The Kier molecular flexibility index (Phi) is 8.94. The maximum absolute atomic E-state index is 12.3. The Balaban J connectivity index is 2.05. The number of carbonyl (C=O) groups excluding carboxylic acids is 1. The first-order valence-corrected chi connectivity index (χ1v) is 14.8. The number of nitrogens with zero attached hydrogens (tertiary/aromatic N) is 1. The Hall–Kier alpha value is -0.273. The summed E-state index contributed by atoms with van der Waals surface area (Å²) >= 11 is 16.1. The van der Waals surface area contributed by atoms with Crippen LogP contribution in [-0.2, 0) is 9.53 Å². The van der Waals surface area contributed by atoms with Gasteiger partial charge in [0, 0.05) is 51.0 Å². The second kappa shape index (κ2) is 10.5. The van der Waals surface area contributed by atoms with Crippen molar-refractivity contribution >= 4 is 53.1 Å². The summed E-state index contributed by atoms with van der Waals surface area (Å²) in [6.07, 6.45) is 1.35. The van der Waals surface area contributed by atoms with E-state index in [0.29, 0.717) is 35.4 Å². The van der Waals surface area contributed by atoms with Crippen LogP contribution in [0.15, 0.2) is 12.1 Å². The number of ether oxygens (including phenoxy) is 2. The summed E-state index contributed by atoms with van der Waals surface area (Å²) < 4.78 is 11.5. The molecule has 0 aliphatic carbocycles. The van der Waals surface area contributed by atoms with Crippen molar-refractivity contribution in [2.75, 3.05) is 31.8 Å². The topological polar surface area (TPSA) is 38.8 Å². The van der Waals surface area contributed by atoms with Crippen molar-refractivity contribution in [3.63, 3.8) is 0 Å². The lowest BCUT2D eigenvalue weighted by molar-refractivity contribution is -0.127. The molecule has 8 heteroatoms. The van der Waals surface area contributed by atoms with E-state index in [1.54, 1.807) is 6.07 Å². The van der Waals surface area contributed by atoms with Crippen LogP contribution >= 0.6 is 39.1 Å². The van der Waals surface area contributed by atoms with Gasteiger partial charge in [-0.1, -0.05) is 58.8 Å². The van der Waals surface area contributed by atoms with Crippen LogP contribution in [0.3, 0.4) is 0 Å². The predicted molar refractivity (Wildman–Crippen MR) is 118 cm³/mol. The number of hydrogen-bond acceptors (Lipinski definition) is 3. The highest BCUT2D eigenvalue weighted by Crippen LogP contribution is 2.42. The van der Waals surface area contributed by atoms with Crippen LogP contribution in [0, 0.1) is 0 Å². The highest BCUT2D eigenvalue weighted by molar-refractivity contribution is 9.09. The smallest absolute Gasteiger partial charge is 0.223 e. The average Bonchev–Trinajstić information content (AvgIpc) is 2.95. The zero-order valence-corrected chi connectivity index (χ0v) is 20.3. The Morgan fingerprint density at radius 2 is 2.04 bits per heavy atom. The molecule has 0 bridgehead atoms. The lowest BCUT2D eigenvalue weighted by Gasteiger charge is -2.20. The van der Waals surface area contributed by atoms with Gasteiger partial charge in [0.1, 0.15) is 5.75 Å². The molecule has 1 fully saturated rings. The Bertz CT molecular complexity index is 655. The molecule has 4 nitrogen and oxygen atoms in total. The zero-order chi connectivity index (χ0) is 20.0. The molecule has 1 aromatic rings. The minimum atomic E-state index is -1.13. The van der Waals surface area contributed by atoms with E-state index in [-0.39, 0.29) is 18.6 Å². The van der Waals surface area contributed by atoms with E-state index in [1.165, 1.54) is 0 Å². The molecule has 1 aliphatic heterocycles. The fraction of sp³-hybridized carbons (Fsp3) is 0.632. The molecule has 1 aromatic carbocycles. The van der Waals surface area contributed by atoms with Crippen molar-refractivity contribution in [2.24, 2.45) is 0 Å². The first-order valence-electron chi connectivity index (χ1n) is 9.25. The molecule has 2 rings (SSSR count). The van der Waals surface area contributed by atoms with Crippen molar-refractivity contribution in [1.29, 1.82) is 0 Å². The fourth-order valence-corrected chi connectivity index (χ4v) is 4.51. The van der Waals surface area contributed by atoms with Gasteiger partial charge in [0.15, 0.2) is 6.79 Å². The fourth-order valence-electron chi connectivity index (χ4n) is 3.03. The maximum atomic E-state index is 12.3. The van der Waals surface area contributed by atoms with E-state index in [4.69, 9.17) is 32.7 Å². The van der Waals surface area contributed by atoms with Crippen LogP contribution in [0.25, 0.3) is 0 Å². The van der Waals surface area contributed by atoms with Gasteiger partial charge in [-0.3, -0.25) is 4.79 Å². The van der Waals surface area contributed by atoms with Crippen LogP contribution in [0.2, 0.25) is 35.7 Å². The molecule has 1 atom stereocenters. The number of rotatable bonds is 10. The first-order chi connectivity index (χ1) is 12.7. The zero-order valence-electron chi connectivity index (χ0n) is 16.2. The molecule has 1 saturated heterocycles. The third-order valence-electron chi connectivity index (χ3n) is 4.57. The molecular formula is C19H28BrCl2NO3Si. The molecule has 0 radical (unpaired) electrons. The average molecular weight is 497 g/mol. The van der Waals surface area contributed by atoms with E-state index in [2.05, 4.69) is 35.6 Å². The highest BCUT2D eigenvalue weighted by atomic mass is 79.9. The van der Waals surface area contributed by atoms with Crippen molar-refractivity contribution < 1.29 is 14.3 Å². The number of amides is 1. The molecule has 0 spiro atoms. The van der Waals surface area contributed by atoms with Gasteiger partial charge in [-0.2, -0.15) is 0 Å². The van der Waals surface area contributed by atoms with Crippen LogP contribution in [0.5, 0.6) is 5.75 Å². The molecule has 0 aromatic heterocycles. The highest BCUT2D eigenvalue weighted by Gasteiger charge is 2.34. The van der Waals surface area contributed by atoms with Crippen LogP contribution in [0.1, 0.15) is 24.3 Å². The molecule has 0 N–H and O–H groups in total. The van der Waals surface area contributed by atoms with Gasteiger partial charge in [0.05, 0.1) is 10.0 Å². The molecule has 27 heavy (non-hydrogen) atoms. The van der Waals surface area contributed by atoms with Gasteiger partial charge in [0.25, 0.3) is 0 Å². The van der Waals surface area contributed by atoms with Crippen molar-refractivity contribution in [3.05, 3.63) is 27.7 Å². The summed E-state index contributed by atoms with van der Waals surface area (Å²) in [4.78, 5) is 14.2. The van der Waals surface area contributed by atoms with Gasteiger partial charge in [-0.05, 0) is 24.6 Å². The van der Waals surface area contributed by atoms with Crippen molar-refractivity contribution in [3.8, 4) is 5.75 Å². The molecule has 152 valence electrons. The Labute approximate surface area is 181 Å². The minimum Gasteiger partial charge on any atom is -0.467 e. The predicted octanol–water partition coefficient (Wildman–Crippen LogP) is 5.79. The molecule has 0 saturated carbocycles. The van der Waals surface area contributed by atoms with Crippen molar-refractivity contribution in [2.45, 2.75) is 44.4 Å². The summed E-state index contributed by atoms with van der Waals surface area (Å²) in [5, 5.41) is 1.82. The van der Waals surface area contributed by atoms with E-state index >= 15 is 0 Å². The number of likely N-dealkylation sites (tertiary alicyclic amines) is 1. The number of benzene rings is 1. The van der Waals surface area contributed by atoms with E-state index < -0.39 is 8.07 Å². The molecule has 1 amide bonds. The number of hydrogen-bond donors (Lipinski definition) is 0. The second-order valence-electron chi connectivity index (χ2n) is 8.04. The Morgan fingerprint density at radius 3 is 2.70 bits per heavy atom. The number of carbonyl (C=O) groups is 1. The van der Waals surface area contributed by atoms with Gasteiger partial charge in [-0.15, -0.1) is 0 Å².